The number of aryl methyl sites for hydroxylation is 1. The average Bonchev–Trinajstić information content (AvgIpc) is 3.68. The zero-order valence-electron chi connectivity index (χ0n) is 25.8. The molecule has 0 atom stereocenters. The molecule has 0 aliphatic rings. The van der Waals surface area contributed by atoms with Crippen LogP contribution in [0.1, 0.15) is 11.1 Å². The Morgan fingerprint density at radius 3 is 1.53 bits per heavy atom. The van der Waals surface area contributed by atoms with Crippen LogP contribution in [0, 0.1) is 150 Å². The maximum absolute atomic E-state index is 4.96. The zero-order valence-corrected chi connectivity index (χ0v) is 26.6. The fourth-order valence-electron chi connectivity index (χ4n) is 4.93. The summed E-state index contributed by atoms with van der Waals surface area (Å²) in [4.78, 5) is 3.65. The summed E-state index contributed by atoms with van der Waals surface area (Å²) in [5, 5.41) is 7.40. The molecule has 6 rings (SSSR count). The lowest BCUT2D eigenvalue weighted by atomic mass is 10.0. The number of thiophene rings is 1. The zero-order chi connectivity index (χ0) is 33.7. The van der Waals surface area contributed by atoms with E-state index in [-0.39, 0.29) is 0 Å². The van der Waals surface area contributed by atoms with Crippen molar-refractivity contribution < 1.29 is 0 Å². The van der Waals surface area contributed by atoms with Gasteiger partial charge in [0.15, 0.2) is 0 Å². The minimum Gasteiger partial charge on any atom is -0.354 e. The van der Waals surface area contributed by atoms with Crippen molar-refractivity contribution in [3.63, 3.8) is 0 Å². The van der Waals surface area contributed by atoms with Crippen molar-refractivity contribution in [3.05, 3.63) is 71.8 Å². The van der Waals surface area contributed by atoms with Crippen LogP contribution in [0.15, 0.2) is 60.7 Å². The molecule has 1 N–H and O–H groups in total. The number of aromatic amines is 1. The molecular formula is C47H15NS. The summed E-state index contributed by atoms with van der Waals surface area (Å²) in [6.07, 6.45) is 4.96. The maximum Gasteiger partial charge on any atom is 0.0545 e. The first-order chi connectivity index (χ1) is 24.2. The van der Waals surface area contributed by atoms with Crippen LogP contribution in [-0.2, 0) is 0 Å². The molecule has 0 saturated heterocycles. The van der Waals surface area contributed by atoms with Crippen LogP contribution >= 0.6 is 11.3 Å². The summed E-state index contributed by atoms with van der Waals surface area (Å²) in [7, 11) is 0. The number of terminal acetylenes is 1. The second kappa shape index (κ2) is 15.2. The Hall–Kier alpha value is -8.12. The summed E-state index contributed by atoms with van der Waals surface area (Å²) in [6, 6.07) is 21.8. The van der Waals surface area contributed by atoms with Gasteiger partial charge in [-0.2, -0.15) is 0 Å². The summed E-state index contributed by atoms with van der Waals surface area (Å²) in [5.74, 6) is 59.1. The Kier molecular flexibility index (Phi) is 9.61. The number of benzene rings is 4. The highest BCUT2D eigenvalue weighted by molar-refractivity contribution is 7.26. The first kappa shape index (κ1) is 30.9. The van der Waals surface area contributed by atoms with E-state index in [9.17, 15) is 0 Å². The molecule has 4 aromatic carbocycles. The topological polar surface area (TPSA) is 15.8 Å². The van der Waals surface area contributed by atoms with E-state index in [1.165, 1.54) is 52.8 Å². The van der Waals surface area contributed by atoms with E-state index < -0.39 is 0 Å². The molecule has 214 valence electrons. The van der Waals surface area contributed by atoms with Gasteiger partial charge in [-0.1, -0.05) is 41.8 Å². The number of hydrogen-bond donors (Lipinski definition) is 1. The highest BCUT2D eigenvalue weighted by Gasteiger charge is 2.13. The van der Waals surface area contributed by atoms with E-state index in [2.05, 4.69) is 203 Å². The van der Waals surface area contributed by atoms with Crippen molar-refractivity contribution in [1.82, 2.24) is 4.98 Å². The van der Waals surface area contributed by atoms with Gasteiger partial charge in [-0.05, 0) is 132 Å². The van der Waals surface area contributed by atoms with Gasteiger partial charge in [0.05, 0.1) is 5.52 Å². The molecule has 0 fully saturated rings. The molecule has 0 radical (unpaired) electrons. The lowest BCUT2D eigenvalue weighted by molar-refractivity contribution is 1.49. The van der Waals surface area contributed by atoms with Gasteiger partial charge in [0.1, 0.15) is 0 Å². The van der Waals surface area contributed by atoms with Crippen molar-refractivity contribution in [3.8, 4) is 143 Å². The number of hydrogen-bond acceptors (Lipinski definition) is 1. The van der Waals surface area contributed by atoms with Crippen molar-refractivity contribution in [2.24, 2.45) is 0 Å². The molecule has 0 saturated carbocycles. The molecule has 0 bridgehead atoms. The fourth-order valence-corrected chi connectivity index (χ4v) is 6.15. The van der Waals surface area contributed by atoms with Crippen molar-refractivity contribution in [1.29, 1.82) is 0 Å². The van der Waals surface area contributed by atoms with Crippen LogP contribution in [-0.4, -0.2) is 4.98 Å². The molecule has 0 aliphatic heterocycles. The molecule has 2 heterocycles. The van der Waals surface area contributed by atoms with Gasteiger partial charge in [-0.25, -0.2) is 0 Å². The van der Waals surface area contributed by atoms with Gasteiger partial charge < -0.3 is 4.98 Å². The molecule has 0 aliphatic carbocycles. The van der Waals surface area contributed by atoms with E-state index in [0.29, 0.717) is 0 Å². The molecule has 0 unspecified atom stereocenters. The average molecular weight is 626 g/mol. The van der Waals surface area contributed by atoms with E-state index in [1.54, 1.807) is 0 Å². The third-order valence-electron chi connectivity index (χ3n) is 6.89. The van der Waals surface area contributed by atoms with E-state index in [1.807, 2.05) is 17.4 Å². The van der Waals surface area contributed by atoms with Gasteiger partial charge >= 0.3 is 0 Å². The van der Waals surface area contributed by atoms with Crippen molar-refractivity contribution in [2.75, 3.05) is 0 Å². The van der Waals surface area contributed by atoms with E-state index in [0.717, 1.165) is 11.1 Å². The summed E-state index contributed by atoms with van der Waals surface area (Å²) in [5.41, 5.74) is 4.49. The number of H-pyrrole nitrogens is 1. The van der Waals surface area contributed by atoms with Crippen LogP contribution in [0.4, 0.5) is 0 Å². The Morgan fingerprint density at radius 1 is 0.469 bits per heavy atom. The summed E-state index contributed by atoms with van der Waals surface area (Å²) in [6.45, 7) is 2.13. The standard InChI is InChI=1S/C47H15NS/c1-3-4-5-6-7-8-9-10-11-12-13-14-15-16-17-18-19-20-21-22-23-24-25-37-27-33-45-43(35-37)41-31-28-38-40(47(41)49-45)30-29-39-42-34-36(2)26-32-44(42)48-46(38)39/h1,26-35,48H,2H3. The highest BCUT2D eigenvalue weighted by Crippen LogP contribution is 2.41. The SMILES string of the molecule is C#CC#CC#CC#CC#CC#CC#CC#CC#CC#CC#CC#Cc1ccc2sc3c(ccc4c3ccc3c5cc(C)ccc5[nH]c34)c2c1. The molecule has 6 aromatic rings. The number of nitrogens with one attached hydrogen (secondary N) is 1. The molecule has 49 heavy (non-hydrogen) atoms. The summed E-state index contributed by atoms with van der Waals surface area (Å²) >= 11 is 1.81. The Labute approximate surface area is 289 Å². The minimum absolute atomic E-state index is 0.894. The van der Waals surface area contributed by atoms with Crippen LogP contribution in [0.25, 0.3) is 52.8 Å². The third-order valence-corrected chi connectivity index (χ3v) is 8.11. The van der Waals surface area contributed by atoms with Gasteiger partial charge in [0.2, 0.25) is 0 Å². The third kappa shape index (κ3) is 7.41. The monoisotopic (exact) mass is 625 g/mol. The maximum atomic E-state index is 4.96. The normalized spacial score (nSPS) is 8.33. The second-order valence-corrected chi connectivity index (χ2v) is 11.0. The largest absolute Gasteiger partial charge is 0.354 e. The molecule has 2 heteroatoms. The number of rotatable bonds is 0. The smallest absolute Gasteiger partial charge is 0.0545 e. The van der Waals surface area contributed by atoms with Crippen LogP contribution in [0.3, 0.4) is 0 Å². The highest BCUT2D eigenvalue weighted by atomic mass is 32.1. The van der Waals surface area contributed by atoms with E-state index >= 15 is 0 Å². The van der Waals surface area contributed by atoms with Gasteiger partial charge in [0, 0.05) is 88.3 Å². The summed E-state index contributed by atoms with van der Waals surface area (Å²) < 4.78 is 2.50. The fraction of sp³-hybridized carbons (Fsp3) is 0.0213. The lowest BCUT2D eigenvalue weighted by Crippen LogP contribution is -1.77. The lowest BCUT2D eigenvalue weighted by Gasteiger charge is -2.02. The van der Waals surface area contributed by atoms with Gasteiger partial charge in [-0.3, -0.25) is 0 Å². The van der Waals surface area contributed by atoms with Crippen LogP contribution in [0.2, 0.25) is 0 Å². The van der Waals surface area contributed by atoms with Crippen LogP contribution < -0.4 is 0 Å². The molecule has 2 aromatic heterocycles. The van der Waals surface area contributed by atoms with Gasteiger partial charge in [-0.15, -0.1) is 17.8 Å². The van der Waals surface area contributed by atoms with Crippen LogP contribution in [0.5, 0.6) is 0 Å². The number of fused-ring (bicyclic) bond motifs is 9. The molecule has 0 amide bonds. The predicted molar refractivity (Wildman–Crippen MR) is 204 cm³/mol. The van der Waals surface area contributed by atoms with Gasteiger partial charge in [0.25, 0.3) is 0 Å². The van der Waals surface area contributed by atoms with Crippen molar-refractivity contribution in [2.45, 2.75) is 6.92 Å². The minimum atomic E-state index is 0.894. The molecular weight excluding hydrogens is 611 g/mol. The van der Waals surface area contributed by atoms with Crippen molar-refractivity contribution >= 4 is 64.1 Å². The Morgan fingerprint density at radius 2 is 0.959 bits per heavy atom. The second-order valence-electron chi connectivity index (χ2n) is 9.91. The quantitative estimate of drug-likeness (QED) is 0.172. The molecule has 0 spiro atoms. The van der Waals surface area contributed by atoms with E-state index in [4.69, 9.17) is 6.42 Å². The Balaban J connectivity index is 1.10. The number of aromatic nitrogens is 1. The Bertz CT molecular complexity index is 3180. The first-order valence-electron chi connectivity index (χ1n) is 14.5. The first-order valence-corrected chi connectivity index (χ1v) is 15.3. The molecule has 1 nitrogen and oxygen atoms in total. The predicted octanol–water partition coefficient (Wildman–Crippen LogP) is 7.17.